The molecule has 0 aromatic heterocycles. The second-order valence-corrected chi connectivity index (χ2v) is 7.98. The zero-order valence-electron chi connectivity index (χ0n) is 18.9. The Bertz CT molecular complexity index is 633. The molecule has 1 aliphatic carbocycles. The minimum Gasteiger partial charge on any atom is -0.466 e. The van der Waals surface area contributed by atoms with Crippen LogP contribution in [0, 0.1) is 5.92 Å². The van der Waals surface area contributed by atoms with E-state index in [0.717, 1.165) is 51.2 Å². The maximum absolute atomic E-state index is 11.9. The van der Waals surface area contributed by atoms with E-state index in [4.69, 9.17) is 4.74 Å². The number of halogens is 1. The van der Waals surface area contributed by atoms with Crippen molar-refractivity contribution >= 4 is 35.9 Å². The van der Waals surface area contributed by atoms with Crippen molar-refractivity contribution in [1.29, 1.82) is 0 Å². The van der Waals surface area contributed by atoms with Gasteiger partial charge in [-0.1, -0.05) is 30.3 Å². The van der Waals surface area contributed by atoms with Crippen LogP contribution in [0.1, 0.15) is 51.5 Å². The summed E-state index contributed by atoms with van der Waals surface area (Å²) in [5.74, 6) is 0.869. The second-order valence-electron chi connectivity index (χ2n) is 7.98. The van der Waals surface area contributed by atoms with Crippen LogP contribution < -0.4 is 10.6 Å². The summed E-state index contributed by atoms with van der Waals surface area (Å²) in [5, 5.41) is 6.95. The summed E-state index contributed by atoms with van der Waals surface area (Å²) in [4.78, 5) is 18.6. The molecule has 0 saturated heterocycles. The number of aliphatic imine (C=N–C) groups is 1. The first-order valence-corrected chi connectivity index (χ1v) is 10.9. The Morgan fingerprint density at radius 1 is 1.23 bits per heavy atom. The molecule has 1 aromatic rings. The minimum atomic E-state index is -0.0398. The maximum atomic E-state index is 11.9. The zero-order chi connectivity index (χ0) is 21.1. The molecule has 0 heterocycles. The van der Waals surface area contributed by atoms with Gasteiger partial charge in [0.2, 0.25) is 0 Å². The molecular formula is C23H39IN4O2. The highest BCUT2D eigenvalue weighted by Gasteiger charge is 2.27. The summed E-state index contributed by atoms with van der Waals surface area (Å²) in [6.07, 6.45) is 4.75. The number of nitrogens with one attached hydrogen (secondary N) is 2. The van der Waals surface area contributed by atoms with Crippen molar-refractivity contribution in [2.75, 3.05) is 27.2 Å². The Labute approximate surface area is 199 Å². The highest BCUT2D eigenvalue weighted by Crippen LogP contribution is 2.25. The van der Waals surface area contributed by atoms with E-state index >= 15 is 0 Å². The number of esters is 1. The molecule has 1 aromatic carbocycles. The molecular weight excluding hydrogens is 491 g/mol. The second kappa shape index (κ2) is 14.6. The van der Waals surface area contributed by atoms with Gasteiger partial charge in [-0.05, 0) is 58.6 Å². The van der Waals surface area contributed by atoms with Gasteiger partial charge in [-0.3, -0.25) is 14.7 Å². The highest BCUT2D eigenvalue weighted by molar-refractivity contribution is 14.0. The van der Waals surface area contributed by atoms with Gasteiger partial charge in [0, 0.05) is 32.2 Å². The van der Waals surface area contributed by atoms with Crippen LogP contribution in [-0.4, -0.2) is 56.2 Å². The van der Waals surface area contributed by atoms with Gasteiger partial charge in [0.15, 0.2) is 5.96 Å². The smallest absolute Gasteiger partial charge is 0.308 e. The van der Waals surface area contributed by atoms with E-state index < -0.39 is 0 Å². The van der Waals surface area contributed by atoms with Crippen LogP contribution in [0.2, 0.25) is 0 Å². The quantitative estimate of drug-likeness (QED) is 0.220. The van der Waals surface area contributed by atoms with E-state index in [2.05, 4.69) is 64.8 Å². The van der Waals surface area contributed by atoms with E-state index in [-0.39, 0.29) is 35.9 Å². The fourth-order valence-corrected chi connectivity index (χ4v) is 3.77. The number of benzene rings is 1. The normalized spacial score (nSPS) is 20.2. The summed E-state index contributed by atoms with van der Waals surface area (Å²) in [7, 11) is 3.98. The standard InChI is InChI=1S/C23H38N4O2.HI/c1-5-29-22(28)20-11-13-21(14-12-20)26-23(24-3)25-16-15-18(2)27(4)17-19-9-7-6-8-10-19;/h6-10,18,20-21H,5,11-17H2,1-4H3,(H2,24,25,26);1H. The fourth-order valence-electron chi connectivity index (χ4n) is 3.77. The summed E-state index contributed by atoms with van der Waals surface area (Å²) in [6.45, 7) is 6.42. The highest BCUT2D eigenvalue weighted by atomic mass is 127. The Morgan fingerprint density at radius 3 is 2.50 bits per heavy atom. The predicted octanol–water partition coefficient (Wildman–Crippen LogP) is 3.80. The van der Waals surface area contributed by atoms with Crippen LogP contribution >= 0.6 is 24.0 Å². The molecule has 30 heavy (non-hydrogen) atoms. The Morgan fingerprint density at radius 2 is 1.90 bits per heavy atom. The average molecular weight is 530 g/mol. The van der Waals surface area contributed by atoms with Crippen molar-refractivity contribution in [2.45, 2.75) is 64.6 Å². The number of ether oxygens (including phenoxy) is 1. The van der Waals surface area contributed by atoms with Gasteiger partial charge in [0.25, 0.3) is 0 Å². The maximum Gasteiger partial charge on any atom is 0.308 e. The minimum absolute atomic E-state index is 0. The number of guanidine groups is 1. The zero-order valence-corrected chi connectivity index (χ0v) is 21.2. The third-order valence-electron chi connectivity index (χ3n) is 5.79. The third kappa shape index (κ3) is 9.20. The molecule has 2 rings (SSSR count). The van der Waals surface area contributed by atoms with Crippen LogP contribution in [0.4, 0.5) is 0 Å². The van der Waals surface area contributed by atoms with Crippen LogP contribution in [0.25, 0.3) is 0 Å². The molecule has 1 atom stereocenters. The van der Waals surface area contributed by atoms with Gasteiger partial charge in [0.1, 0.15) is 0 Å². The van der Waals surface area contributed by atoms with Crippen molar-refractivity contribution in [3.05, 3.63) is 35.9 Å². The molecule has 170 valence electrons. The Balaban J connectivity index is 0.00000450. The third-order valence-corrected chi connectivity index (χ3v) is 5.79. The molecule has 1 aliphatic rings. The number of hydrogen-bond acceptors (Lipinski definition) is 4. The van der Waals surface area contributed by atoms with Gasteiger partial charge < -0.3 is 15.4 Å². The van der Waals surface area contributed by atoms with Crippen molar-refractivity contribution < 1.29 is 9.53 Å². The van der Waals surface area contributed by atoms with Crippen molar-refractivity contribution in [2.24, 2.45) is 10.9 Å². The topological polar surface area (TPSA) is 66.0 Å². The Hall–Kier alpha value is -1.35. The van der Waals surface area contributed by atoms with Crippen LogP contribution in [-0.2, 0) is 16.1 Å². The van der Waals surface area contributed by atoms with E-state index in [1.807, 2.05) is 14.0 Å². The average Bonchev–Trinajstić information content (AvgIpc) is 2.74. The summed E-state index contributed by atoms with van der Waals surface area (Å²) >= 11 is 0. The number of nitrogens with zero attached hydrogens (tertiary/aromatic N) is 2. The van der Waals surface area contributed by atoms with Crippen LogP contribution in [0.15, 0.2) is 35.3 Å². The number of carbonyl (C=O) groups is 1. The largest absolute Gasteiger partial charge is 0.466 e. The molecule has 2 N–H and O–H groups in total. The van der Waals surface area contributed by atoms with Crippen LogP contribution in [0.5, 0.6) is 0 Å². The molecule has 1 unspecified atom stereocenters. The molecule has 1 saturated carbocycles. The summed E-state index contributed by atoms with van der Waals surface area (Å²) in [6, 6.07) is 11.4. The SMILES string of the molecule is CCOC(=O)C1CCC(NC(=NC)NCCC(C)N(C)Cc2ccccc2)CC1.I. The first-order chi connectivity index (χ1) is 14.0. The lowest BCUT2D eigenvalue weighted by Crippen LogP contribution is -2.46. The van der Waals surface area contributed by atoms with E-state index in [9.17, 15) is 4.79 Å². The fraction of sp³-hybridized carbons (Fsp3) is 0.652. The van der Waals surface area contributed by atoms with Gasteiger partial charge in [-0.15, -0.1) is 24.0 Å². The van der Waals surface area contributed by atoms with Gasteiger partial charge in [-0.25, -0.2) is 0 Å². The number of hydrogen-bond donors (Lipinski definition) is 2. The lowest BCUT2D eigenvalue weighted by molar-refractivity contribution is -0.149. The molecule has 0 amide bonds. The summed E-state index contributed by atoms with van der Waals surface area (Å²) < 4.78 is 5.15. The van der Waals surface area contributed by atoms with Gasteiger partial charge in [0.05, 0.1) is 12.5 Å². The predicted molar refractivity (Wildman–Crippen MR) is 134 cm³/mol. The van der Waals surface area contributed by atoms with E-state index in [1.165, 1.54) is 5.56 Å². The first-order valence-electron chi connectivity index (χ1n) is 10.9. The molecule has 0 spiro atoms. The first kappa shape index (κ1) is 26.7. The van der Waals surface area contributed by atoms with Crippen molar-refractivity contribution in [1.82, 2.24) is 15.5 Å². The van der Waals surface area contributed by atoms with E-state index in [0.29, 0.717) is 18.7 Å². The van der Waals surface area contributed by atoms with Crippen molar-refractivity contribution in [3.63, 3.8) is 0 Å². The monoisotopic (exact) mass is 530 g/mol. The molecule has 1 fully saturated rings. The number of rotatable bonds is 9. The van der Waals surface area contributed by atoms with Gasteiger partial charge >= 0.3 is 5.97 Å². The molecule has 0 bridgehead atoms. The molecule has 6 nitrogen and oxygen atoms in total. The van der Waals surface area contributed by atoms with E-state index in [1.54, 1.807) is 0 Å². The lowest BCUT2D eigenvalue weighted by Gasteiger charge is -2.29. The van der Waals surface area contributed by atoms with Crippen LogP contribution in [0.3, 0.4) is 0 Å². The molecule has 0 aliphatic heterocycles. The number of carbonyl (C=O) groups excluding carboxylic acids is 1. The van der Waals surface area contributed by atoms with Crippen molar-refractivity contribution in [3.8, 4) is 0 Å². The Kier molecular flexibility index (Phi) is 13.0. The van der Waals surface area contributed by atoms with Gasteiger partial charge in [-0.2, -0.15) is 0 Å². The molecule has 0 radical (unpaired) electrons. The molecule has 7 heteroatoms. The summed E-state index contributed by atoms with van der Waals surface area (Å²) in [5.41, 5.74) is 1.34. The lowest BCUT2D eigenvalue weighted by atomic mass is 9.86.